The minimum atomic E-state index is -3.12. The van der Waals surface area contributed by atoms with Gasteiger partial charge in [-0.1, -0.05) is 0 Å². The minimum Gasteiger partial charge on any atom is -0.347 e. The normalized spacial score (nSPS) is 29.7. The van der Waals surface area contributed by atoms with Gasteiger partial charge in [-0.05, 0) is 12.8 Å². The van der Waals surface area contributed by atoms with Crippen LogP contribution in [0.4, 0.5) is 0 Å². The average molecular weight is 330 g/mol. The van der Waals surface area contributed by atoms with E-state index in [-0.39, 0.29) is 17.1 Å². The molecule has 0 radical (unpaired) electrons. The second-order valence-electron chi connectivity index (χ2n) is 6.69. The Morgan fingerprint density at radius 2 is 1.64 bits per heavy atom. The minimum absolute atomic E-state index is 0.0788. The average Bonchev–Trinajstić information content (AvgIpc) is 3.21. The van der Waals surface area contributed by atoms with Gasteiger partial charge < -0.3 is 14.4 Å². The van der Waals surface area contributed by atoms with Gasteiger partial charge in [0.25, 0.3) is 0 Å². The molecule has 1 aliphatic carbocycles. The molecule has 0 N–H and O–H groups in total. The van der Waals surface area contributed by atoms with Crippen molar-refractivity contribution < 1.29 is 22.7 Å². The van der Waals surface area contributed by atoms with E-state index >= 15 is 0 Å². The Labute approximate surface area is 130 Å². The molecule has 1 amide bonds. The lowest BCUT2D eigenvalue weighted by Gasteiger charge is -2.43. The van der Waals surface area contributed by atoms with Crippen LogP contribution >= 0.6 is 0 Å². The number of carbonyl (C=O) groups excluding carboxylic acids is 1. The predicted molar refractivity (Wildman–Crippen MR) is 77.5 cm³/mol. The van der Waals surface area contributed by atoms with Crippen LogP contribution in [0.1, 0.15) is 25.7 Å². The van der Waals surface area contributed by atoms with Crippen molar-refractivity contribution in [2.24, 2.45) is 5.92 Å². The Morgan fingerprint density at radius 1 is 1.05 bits per heavy atom. The lowest BCUT2D eigenvalue weighted by Crippen LogP contribution is -2.58. The molecule has 22 heavy (non-hydrogen) atoms. The molecule has 0 aromatic heterocycles. The van der Waals surface area contributed by atoms with E-state index in [1.54, 1.807) is 0 Å². The molecular weight excluding hydrogens is 308 g/mol. The van der Waals surface area contributed by atoms with Gasteiger partial charge in [0.05, 0.1) is 24.4 Å². The summed E-state index contributed by atoms with van der Waals surface area (Å²) >= 11 is 0. The number of likely N-dealkylation sites (tertiary alicyclic amines) is 1. The zero-order valence-electron chi connectivity index (χ0n) is 12.6. The summed E-state index contributed by atoms with van der Waals surface area (Å²) in [6.07, 6.45) is 2.95. The number of piperidine rings is 1. The molecule has 0 unspecified atom stereocenters. The smallest absolute Gasteiger partial charge is 0.228 e. The number of nitrogens with zero attached hydrogens (tertiary/aromatic N) is 2. The summed E-state index contributed by atoms with van der Waals surface area (Å²) in [7, 11) is -3.12. The SMILES string of the molecule is O=C(C1CN(S(=O)(=O)C2CC2)C1)N1CCC2(CC1)OCCO2. The van der Waals surface area contributed by atoms with Crippen molar-refractivity contribution >= 4 is 15.9 Å². The van der Waals surface area contributed by atoms with E-state index in [1.807, 2.05) is 4.90 Å². The highest BCUT2D eigenvalue weighted by Gasteiger charge is 2.48. The lowest BCUT2D eigenvalue weighted by atomic mass is 9.98. The van der Waals surface area contributed by atoms with Gasteiger partial charge in [-0.15, -0.1) is 0 Å². The Bertz CT molecular complexity index is 552. The van der Waals surface area contributed by atoms with Gasteiger partial charge in [0.2, 0.25) is 15.9 Å². The van der Waals surface area contributed by atoms with E-state index in [0.29, 0.717) is 52.2 Å². The third kappa shape index (κ3) is 2.46. The third-order valence-corrected chi connectivity index (χ3v) is 7.49. The molecule has 1 spiro atoms. The molecule has 4 aliphatic rings. The van der Waals surface area contributed by atoms with Crippen LogP contribution in [0.25, 0.3) is 0 Å². The number of amides is 1. The Kier molecular flexibility index (Phi) is 3.48. The molecule has 1 saturated carbocycles. The quantitative estimate of drug-likeness (QED) is 0.715. The molecule has 0 bridgehead atoms. The fourth-order valence-corrected chi connectivity index (χ4v) is 5.42. The molecule has 3 aliphatic heterocycles. The van der Waals surface area contributed by atoms with E-state index in [4.69, 9.17) is 9.47 Å². The number of ether oxygens (including phenoxy) is 2. The van der Waals surface area contributed by atoms with E-state index in [2.05, 4.69) is 0 Å². The van der Waals surface area contributed by atoms with Crippen LogP contribution in [0.5, 0.6) is 0 Å². The summed E-state index contributed by atoms with van der Waals surface area (Å²) in [5.41, 5.74) is 0. The molecule has 8 heteroatoms. The molecular formula is C14H22N2O5S. The van der Waals surface area contributed by atoms with Crippen LogP contribution in [0.2, 0.25) is 0 Å². The van der Waals surface area contributed by atoms with Crippen LogP contribution in [-0.4, -0.2) is 74.0 Å². The summed E-state index contributed by atoms with van der Waals surface area (Å²) in [6.45, 7) is 3.23. The summed E-state index contributed by atoms with van der Waals surface area (Å²) < 4.78 is 36.9. The maximum atomic E-state index is 12.5. The summed E-state index contributed by atoms with van der Waals surface area (Å²) in [4.78, 5) is 14.3. The number of hydrogen-bond donors (Lipinski definition) is 0. The summed E-state index contributed by atoms with van der Waals surface area (Å²) in [5, 5.41) is -0.185. The molecule has 0 atom stereocenters. The zero-order chi connectivity index (χ0) is 15.4. The van der Waals surface area contributed by atoms with Crippen LogP contribution in [0.15, 0.2) is 0 Å². The fraction of sp³-hybridized carbons (Fsp3) is 0.929. The van der Waals surface area contributed by atoms with Gasteiger partial charge >= 0.3 is 0 Å². The standard InChI is InChI=1S/C14H22N2O5S/c17-13(11-9-16(10-11)22(18,19)12-1-2-12)15-5-3-14(4-6-15)20-7-8-21-14/h11-12H,1-10H2. The number of sulfonamides is 1. The molecule has 0 aromatic rings. The number of hydrogen-bond acceptors (Lipinski definition) is 5. The Hall–Kier alpha value is -0.700. The van der Waals surface area contributed by atoms with Gasteiger partial charge in [0, 0.05) is 39.0 Å². The topological polar surface area (TPSA) is 76.2 Å². The molecule has 124 valence electrons. The van der Waals surface area contributed by atoms with E-state index < -0.39 is 15.8 Å². The van der Waals surface area contributed by atoms with E-state index in [0.717, 1.165) is 12.8 Å². The van der Waals surface area contributed by atoms with Crippen molar-refractivity contribution in [1.82, 2.24) is 9.21 Å². The van der Waals surface area contributed by atoms with Gasteiger partial charge in [-0.2, -0.15) is 4.31 Å². The summed E-state index contributed by atoms with van der Waals surface area (Å²) in [6, 6.07) is 0. The Balaban J connectivity index is 1.29. The summed E-state index contributed by atoms with van der Waals surface area (Å²) in [5.74, 6) is -0.569. The van der Waals surface area contributed by atoms with Crippen molar-refractivity contribution in [3.05, 3.63) is 0 Å². The van der Waals surface area contributed by atoms with Gasteiger partial charge in [-0.3, -0.25) is 4.79 Å². The van der Waals surface area contributed by atoms with Gasteiger partial charge in [-0.25, -0.2) is 8.42 Å². The molecule has 0 aromatic carbocycles. The predicted octanol–water partition coefficient (Wildman–Crippen LogP) is -0.224. The molecule has 4 rings (SSSR count). The monoisotopic (exact) mass is 330 g/mol. The maximum absolute atomic E-state index is 12.5. The van der Waals surface area contributed by atoms with Crippen molar-refractivity contribution in [2.75, 3.05) is 39.4 Å². The van der Waals surface area contributed by atoms with Crippen LogP contribution in [0, 0.1) is 5.92 Å². The highest BCUT2D eigenvalue weighted by Crippen LogP contribution is 2.36. The van der Waals surface area contributed by atoms with Crippen LogP contribution < -0.4 is 0 Å². The number of carbonyl (C=O) groups is 1. The van der Waals surface area contributed by atoms with Crippen molar-refractivity contribution in [3.8, 4) is 0 Å². The number of rotatable bonds is 3. The second kappa shape index (κ2) is 5.15. The highest BCUT2D eigenvalue weighted by atomic mass is 32.2. The first-order valence-corrected chi connectivity index (χ1v) is 9.56. The first-order chi connectivity index (χ1) is 10.5. The van der Waals surface area contributed by atoms with Crippen LogP contribution in [-0.2, 0) is 24.3 Å². The van der Waals surface area contributed by atoms with Gasteiger partial charge in [0.15, 0.2) is 5.79 Å². The Morgan fingerprint density at radius 3 is 2.18 bits per heavy atom. The van der Waals surface area contributed by atoms with E-state index in [9.17, 15) is 13.2 Å². The maximum Gasteiger partial charge on any atom is 0.228 e. The zero-order valence-corrected chi connectivity index (χ0v) is 13.4. The molecule has 3 saturated heterocycles. The first kappa shape index (κ1) is 14.9. The first-order valence-electron chi connectivity index (χ1n) is 8.06. The van der Waals surface area contributed by atoms with Crippen molar-refractivity contribution in [2.45, 2.75) is 36.7 Å². The van der Waals surface area contributed by atoms with Crippen molar-refractivity contribution in [1.29, 1.82) is 0 Å². The molecule has 3 heterocycles. The molecule has 4 fully saturated rings. The highest BCUT2D eigenvalue weighted by molar-refractivity contribution is 7.90. The van der Waals surface area contributed by atoms with Crippen molar-refractivity contribution in [3.63, 3.8) is 0 Å². The fourth-order valence-electron chi connectivity index (χ4n) is 3.49. The van der Waals surface area contributed by atoms with Gasteiger partial charge in [0.1, 0.15) is 0 Å². The molecule has 7 nitrogen and oxygen atoms in total. The third-order valence-electron chi connectivity index (χ3n) is 5.15. The largest absolute Gasteiger partial charge is 0.347 e. The van der Waals surface area contributed by atoms with Crippen LogP contribution in [0.3, 0.4) is 0 Å². The lowest BCUT2D eigenvalue weighted by molar-refractivity contribution is -0.189. The van der Waals surface area contributed by atoms with E-state index in [1.165, 1.54) is 4.31 Å². The second-order valence-corrected chi connectivity index (χ2v) is 8.90.